The number of hydrogen-bond acceptors (Lipinski definition) is 3. The Bertz CT molecular complexity index is 729. The molecule has 6 heteroatoms. The van der Waals surface area contributed by atoms with Gasteiger partial charge in [0.15, 0.2) is 5.96 Å². The lowest BCUT2D eigenvalue weighted by Gasteiger charge is -2.34. The Balaban J connectivity index is 1.39. The third kappa shape index (κ3) is 5.97. The monoisotopic (exact) mass is 384 g/mol. The lowest BCUT2D eigenvalue weighted by atomic mass is 10.2. The van der Waals surface area contributed by atoms with E-state index < -0.39 is 0 Å². The van der Waals surface area contributed by atoms with Gasteiger partial charge < -0.3 is 20.1 Å². The molecular formula is C22H36N6. The first-order valence-corrected chi connectivity index (χ1v) is 10.8. The molecule has 2 N–H and O–H groups in total. The second-order valence-electron chi connectivity index (χ2n) is 7.38. The third-order valence-electron chi connectivity index (χ3n) is 5.48. The molecule has 1 aromatic heterocycles. The minimum absolute atomic E-state index is 0.830. The van der Waals surface area contributed by atoms with Crippen molar-refractivity contribution < 1.29 is 0 Å². The molecule has 3 rings (SSSR count). The molecule has 2 aromatic rings. The van der Waals surface area contributed by atoms with E-state index >= 15 is 0 Å². The predicted molar refractivity (Wildman–Crippen MR) is 119 cm³/mol. The van der Waals surface area contributed by atoms with Gasteiger partial charge in [-0.3, -0.25) is 9.89 Å². The Morgan fingerprint density at radius 1 is 0.964 bits per heavy atom. The first-order valence-electron chi connectivity index (χ1n) is 10.8. The Hall–Kier alpha value is -2.05. The van der Waals surface area contributed by atoms with Crippen molar-refractivity contribution in [1.29, 1.82) is 0 Å². The maximum absolute atomic E-state index is 4.76. The van der Waals surface area contributed by atoms with Gasteiger partial charge in [0.25, 0.3) is 0 Å². The molecule has 0 bridgehead atoms. The fourth-order valence-corrected chi connectivity index (χ4v) is 3.77. The number of aliphatic imine (C=N–C) groups is 1. The highest BCUT2D eigenvalue weighted by Gasteiger charge is 2.14. The van der Waals surface area contributed by atoms with Crippen LogP contribution >= 0.6 is 0 Å². The van der Waals surface area contributed by atoms with Crippen LogP contribution in [0.3, 0.4) is 0 Å². The number of nitrogens with zero attached hydrogens (tertiary/aromatic N) is 4. The fourth-order valence-electron chi connectivity index (χ4n) is 3.77. The number of nitrogens with one attached hydrogen (secondary N) is 2. The smallest absolute Gasteiger partial charge is 0.191 e. The Morgan fingerprint density at radius 3 is 2.54 bits per heavy atom. The summed E-state index contributed by atoms with van der Waals surface area (Å²) in [5, 5.41) is 8.16. The number of fused-ring (bicyclic) bond motifs is 1. The molecule has 0 amide bonds. The van der Waals surface area contributed by atoms with Crippen LogP contribution in [0.2, 0.25) is 0 Å². The molecule has 1 fully saturated rings. The van der Waals surface area contributed by atoms with Gasteiger partial charge >= 0.3 is 0 Å². The van der Waals surface area contributed by atoms with Gasteiger partial charge in [-0.1, -0.05) is 25.1 Å². The zero-order chi connectivity index (χ0) is 19.6. The van der Waals surface area contributed by atoms with E-state index in [1.165, 1.54) is 43.6 Å². The summed E-state index contributed by atoms with van der Waals surface area (Å²) in [5.41, 5.74) is 1.31. The van der Waals surface area contributed by atoms with E-state index in [1.807, 2.05) is 0 Å². The summed E-state index contributed by atoms with van der Waals surface area (Å²) < 4.78 is 2.32. The van der Waals surface area contributed by atoms with Crippen LogP contribution in [-0.2, 0) is 6.54 Å². The lowest BCUT2D eigenvalue weighted by Crippen LogP contribution is -2.49. The molecule has 0 saturated carbocycles. The average molecular weight is 385 g/mol. The predicted octanol–water partition coefficient (Wildman–Crippen LogP) is 2.22. The lowest BCUT2D eigenvalue weighted by molar-refractivity contribution is 0.139. The van der Waals surface area contributed by atoms with Crippen LogP contribution in [0, 0.1) is 0 Å². The van der Waals surface area contributed by atoms with E-state index in [0.29, 0.717) is 0 Å². The van der Waals surface area contributed by atoms with Crippen molar-refractivity contribution in [2.45, 2.75) is 26.8 Å². The number of rotatable bonds is 9. The molecule has 0 atom stereocenters. The van der Waals surface area contributed by atoms with Crippen LogP contribution < -0.4 is 10.6 Å². The van der Waals surface area contributed by atoms with E-state index in [-0.39, 0.29) is 0 Å². The molecule has 0 spiro atoms. The summed E-state index contributed by atoms with van der Waals surface area (Å²) >= 11 is 0. The van der Waals surface area contributed by atoms with Gasteiger partial charge in [0.05, 0.1) is 0 Å². The summed E-state index contributed by atoms with van der Waals surface area (Å²) in [6.07, 6.45) is 3.21. The van der Waals surface area contributed by atoms with Gasteiger partial charge in [-0.25, -0.2) is 0 Å². The number of benzene rings is 1. The van der Waals surface area contributed by atoms with Gasteiger partial charge in [-0.15, -0.1) is 0 Å². The molecule has 1 aliphatic heterocycles. The normalized spacial score (nSPS) is 16.6. The molecule has 1 aromatic carbocycles. The van der Waals surface area contributed by atoms with E-state index in [0.717, 1.165) is 45.1 Å². The molecule has 154 valence electrons. The number of likely N-dealkylation sites (N-methyl/N-ethyl adjacent to an activating group) is 1. The molecule has 6 nitrogen and oxygen atoms in total. The third-order valence-corrected chi connectivity index (χ3v) is 5.48. The van der Waals surface area contributed by atoms with Crippen molar-refractivity contribution in [3.8, 4) is 0 Å². The van der Waals surface area contributed by atoms with Crippen LogP contribution in [-0.4, -0.2) is 79.2 Å². The number of guanidine groups is 1. The van der Waals surface area contributed by atoms with Crippen molar-refractivity contribution in [3.63, 3.8) is 0 Å². The van der Waals surface area contributed by atoms with E-state index in [4.69, 9.17) is 4.99 Å². The largest absolute Gasteiger partial charge is 0.357 e. The van der Waals surface area contributed by atoms with Crippen molar-refractivity contribution in [2.24, 2.45) is 4.99 Å². The topological polar surface area (TPSA) is 47.8 Å². The first-order chi connectivity index (χ1) is 13.8. The Morgan fingerprint density at radius 2 is 1.75 bits per heavy atom. The van der Waals surface area contributed by atoms with Crippen LogP contribution in [0.25, 0.3) is 10.9 Å². The summed E-state index contributed by atoms with van der Waals surface area (Å²) in [6, 6.07) is 10.7. The quantitative estimate of drug-likeness (QED) is 0.395. The highest BCUT2D eigenvalue weighted by atomic mass is 15.3. The van der Waals surface area contributed by atoms with Gasteiger partial charge in [-0.05, 0) is 37.4 Å². The van der Waals surface area contributed by atoms with Crippen LogP contribution in [0.5, 0.6) is 0 Å². The zero-order valence-electron chi connectivity index (χ0n) is 17.5. The molecule has 0 radical (unpaired) electrons. The number of aromatic nitrogens is 1. The van der Waals surface area contributed by atoms with Crippen molar-refractivity contribution in [3.05, 3.63) is 36.5 Å². The Labute approximate surface area is 169 Å². The number of aryl methyl sites for hydroxylation is 1. The van der Waals surface area contributed by atoms with E-state index in [2.05, 4.69) is 75.4 Å². The van der Waals surface area contributed by atoms with E-state index in [1.54, 1.807) is 0 Å². The van der Waals surface area contributed by atoms with Gasteiger partial charge in [0.2, 0.25) is 0 Å². The zero-order valence-corrected chi connectivity index (χ0v) is 17.5. The first kappa shape index (κ1) is 20.7. The van der Waals surface area contributed by atoms with Crippen LogP contribution in [0.1, 0.15) is 20.3 Å². The van der Waals surface area contributed by atoms with Crippen molar-refractivity contribution >= 4 is 16.9 Å². The molecule has 0 aliphatic carbocycles. The average Bonchev–Trinajstić information content (AvgIpc) is 3.15. The number of hydrogen-bond donors (Lipinski definition) is 2. The van der Waals surface area contributed by atoms with Crippen molar-refractivity contribution in [1.82, 2.24) is 25.0 Å². The minimum Gasteiger partial charge on any atom is -0.357 e. The molecule has 0 unspecified atom stereocenters. The van der Waals surface area contributed by atoms with Gasteiger partial charge in [0, 0.05) is 70.6 Å². The second kappa shape index (κ2) is 11.1. The summed E-state index contributed by atoms with van der Waals surface area (Å²) in [5.74, 6) is 0.937. The summed E-state index contributed by atoms with van der Waals surface area (Å²) in [7, 11) is 0. The maximum atomic E-state index is 4.76. The Kier molecular flexibility index (Phi) is 8.18. The highest BCUT2D eigenvalue weighted by Crippen LogP contribution is 2.15. The highest BCUT2D eigenvalue weighted by molar-refractivity contribution is 5.80. The molecule has 1 saturated heterocycles. The van der Waals surface area contributed by atoms with Crippen LogP contribution in [0.15, 0.2) is 41.5 Å². The molecule has 1 aliphatic rings. The standard InChI is InChI=1S/C22H36N6/c1-3-23-22(25-12-15-27-18-16-26(4-2)17-19-27)24-11-7-13-28-14-10-20-8-5-6-9-21(20)28/h5-6,8-10,14H,3-4,7,11-13,15-19H2,1-2H3,(H2,23,24,25). The summed E-state index contributed by atoms with van der Waals surface area (Å²) in [4.78, 5) is 9.81. The molecular weight excluding hydrogens is 348 g/mol. The maximum Gasteiger partial charge on any atom is 0.191 e. The minimum atomic E-state index is 0.830. The SMILES string of the molecule is CCNC(=NCCCn1ccc2ccccc21)NCCN1CCN(CC)CC1. The van der Waals surface area contributed by atoms with E-state index in [9.17, 15) is 0 Å². The van der Waals surface area contributed by atoms with Crippen molar-refractivity contribution in [2.75, 3.05) is 58.9 Å². The molecule has 2 heterocycles. The van der Waals surface area contributed by atoms with Gasteiger partial charge in [-0.2, -0.15) is 0 Å². The number of para-hydroxylation sites is 1. The second-order valence-corrected chi connectivity index (χ2v) is 7.38. The molecule has 28 heavy (non-hydrogen) atoms. The van der Waals surface area contributed by atoms with Gasteiger partial charge in [0.1, 0.15) is 0 Å². The number of piperazine rings is 1. The summed E-state index contributed by atoms with van der Waals surface area (Å²) in [6.45, 7) is 15.0. The fraction of sp³-hybridized carbons (Fsp3) is 0.591. The van der Waals surface area contributed by atoms with Crippen LogP contribution in [0.4, 0.5) is 0 Å².